The quantitative estimate of drug-likeness (QED) is 0.889. The summed E-state index contributed by atoms with van der Waals surface area (Å²) < 4.78 is 20.7. The van der Waals surface area contributed by atoms with Crippen molar-refractivity contribution in [3.05, 3.63) is 40.8 Å². The lowest BCUT2D eigenvalue weighted by molar-refractivity contribution is 0.385. The Balaban J connectivity index is 2.13. The van der Waals surface area contributed by atoms with Crippen LogP contribution in [0, 0.1) is 12.7 Å². The predicted molar refractivity (Wildman–Crippen MR) is 90.5 cm³/mol. The number of nitrogens with zero attached hydrogens (tertiary/aromatic N) is 3. The molecular weight excluding hydrogens is 295 g/mol. The molecule has 6 heteroatoms. The third-order valence-corrected chi connectivity index (χ3v) is 4.00. The van der Waals surface area contributed by atoms with Crippen molar-refractivity contribution in [2.24, 2.45) is 7.05 Å². The molecule has 0 radical (unpaired) electrons. The monoisotopic (exact) mass is 320 g/mol. The zero-order valence-corrected chi connectivity index (χ0v) is 14.6. The highest BCUT2D eigenvalue weighted by Gasteiger charge is 2.16. The fraction of sp³-hybridized carbons (Fsp3) is 0.471. The van der Waals surface area contributed by atoms with Crippen molar-refractivity contribution in [3.8, 4) is 5.75 Å². The number of hydrogen-bond acceptors (Lipinski definition) is 4. The fourth-order valence-electron chi connectivity index (χ4n) is 2.78. The van der Waals surface area contributed by atoms with Crippen molar-refractivity contribution < 1.29 is 9.13 Å². The molecule has 2 rings (SSSR count). The molecule has 0 saturated carbocycles. The highest BCUT2D eigenvalue weighted by Crippen LogP contribution is 2.24. The van der Waals surface area contributed by atoms with Crippen LogP contribution in [0.2, 0.25) is 0 Å². The van der Waals surface area contributed by atoms with Crippen molar-refractivity contribution in [3.63, 3.8) is 0 Å². The Kier molecular flexibility index (Phi) is 5.26. The Morgan fingerprint density at radius 2 is 2.09 bits per heavy atom. The third kappa shape index (κ3) is 3.64. The first-order valence-corrected chi connectivity index (χ1v) is 7.61. The highest BCUT2D eigenvalue weighted by molar-refractivity contribution is 5.48. The molecule has 0 aliphatic heterocycles. The van der Waals surface area contributed by atoms with Crippen LogP contribution in [0.15, 0.2) is 18.2 Å². The van der Waals surface area contributed by atoms with Gasteiger partial charge in [-0.25, -0.2) is 4.39 Å². The first kappa shape index (κ1) is 17.3. The standard InChI is InChI=1S/C17H25FN4O/c1-11(13-7-8-16(23-6)15(18)9-13)19-10-14-12(2)20-22(5)17(14)21(3)4/h7-9,11,19H,10H2,1-6H3/t11-/m1/s1. The smallest absolute Gasteiger partial charge is 0.165 e. The van der Waals surface area contributed by atoms with E-state index in [1.807, 2.05) is 45.7 Å². The van der Waals surface area contributed by atoms with Gasteiger partial charge in [0.25, 0.3) is 0 Å². The number of nitrogens with one attached hydrogen (secondary N) is 1. The van der Waals surface area contributed by atoms with E-state index in [9.17, 15) is 4.39 Å². The number of aromatic nitrogens is 2. The van der Waals surface area contributed by atoms with E-state index >= 15 is 0 Å². The Hall–Kier alpha value is -2.08. The van der Waals surface area contributed by atoms with Gasteiger partial charge in [-0.1, -0.05) is 6.07 Å². The molecule has 0 aliphatic rings. The number of benzene rings is 1. The minimum absolute atomic E-state index is 0.0185. The van der Waals surface area contributed by atoms with E-state index < -0.39 is 0 Å². The van der Waals surface area contributed by atoms with Gasteiger partial charge in [-0.3, -0.25) is 4.68 Å². The van der Waals surface area contributed by atoms with Gasteiger partial charge in [0, 0.05) is 39.3 Å². The number of methoxy groups -OCH3 is 1. The molecule has 0 aliphatic carbocycles. The molecule has 0 saturated heterocycles. The van der Waals surface area contributed by atoms with E-state index in [1.165, 1.54) is 13.2 Å². The number of halogens is 1. The molecule has 5 nitrogen and oxygen atoms in total. The largest absolute Gasteiger partial charge is 0.494 e. The first-order chi connectivity index (χ1) is 10.8. The lowest BCUT2D eigenvalue weighted by Gasteiger charge is -2.18. The van der Waals surface area contributed by atoms with Gasteiger partial charge >= 0.3 is 0 Å². The van der Waals surface area contributed by atoms with E-state index in [4.69, 9.17) is 4.74 Å². The lowest BCUT2D eigenvalue weighted by Crippen LogP contribution is -2.21. The van der Waals surface area contributed by atoms with Crippen molar-refractivity contribution in [2.45, 2.75) is 26.4 Å². The summed E-state index contributed by atoms with van der Waals surface area (Å²) in [7, 11) is 7.41. The summed E-state index contributed by atoms with van der Waals surface area (Å²) in [5.74, 6) is 0.993. The average Bonchev–Trinajstić information content (AvgIpc) is 2.78. The Morgan fingerprint density at radius 1 is 1.39 bits per heavy atom. The van der Waals surface area contributed by atoms with Crippen LogP contribution in [-0.2, 0) is 13.6 Å². The molecule has 1 aromatic carbocycles. The van der Waals surface area contributed by atoms with Crippen molar-refractivity contribution in [2.75, 3.05) is 26.1 Å². The van der Waals surface area contributed by atoms with Gasteiger partial charge in [-0.15, -0.1) is 0 Å². The number of aryl methyl sites for hydroxylation is 2. The van der Waals surface area contributed by atoms with Crippen LogP contribution in [0.5, 0.6) is 5.75 Å². The second-order valence-electron chi connectivity index (χ2n) is 5.90. The SMILES string of the molecule is COc1ccc([C@@H](C)NCc2c(C)nn(C)c2N(C)C)cc1F. The maximum atomic E-state index is 13.8. The van der Waals surface area contributed by atoms with Gasteiger partial charge in [0.1, 0.15) is 5.82 Å². The molecule has 0 unspecified atom stereocenters. The molecule has 0 spiro atoms. The molecule has 0 fully saturated rings. The maximum Gasteiger partial charge on any atom is 0.165 e. The van der Waals surface area contributed by atoms with Gasteiger partial charge < -0.3 is 15.0 Å². The average molecular weight is 320 g/mol. The van der Waals surface area contributed by atoms with Gasteiger partial charge in [-0.2, -0.15) is 5.10 Å². The Bertz CT molecular complexity index is 681. The van der Waals surface area contributed by atoms with Crippen LogP contribution < -0.4 is 15.0 Å². The van der Waals surface area contributed by atoms with Gasteiger partial charge in [-0.05, 0) is 31.5 Å². The first-order valence-electron chi connectivity index (χ1n) is 7.61. The zero-order chi connectivity index (χ0) is 17.1. The molecule has 126 valence electrons. The van der Waals surface area contributed by atoms with Crippen molar-refractivity contribution in [1.82, 2.24) is 15.1 Å². The summed E-state index contributed by atoms with van der Waals surface area (Å²) >= 11 is 0. The minimum Gasteiger partial charge on any atom is -0.494 e. The summed E-state index contributed by atoms with van der Waals surface area (Å²) in [6.07, 6.45) is 0. The molecule has 1 N–H and O–H groups in total. The van der Waals surface area contributed by atoms with Gasteiger partial charge in [0.15, 0.2) is 11.6 Å². The fourth-order valence-corrected chi connectivity index (χ4v) is 2.78. The van der Waals surface area contributed by atoms with Gasteiger partial charge in [0.05, 0.1) is 12.8 Å². The van der Waals surface area contributed by atoms with Gasteiger partial charge in [0.2, 0.25) is 0 Å². The molecule has 0 bridgehead atoms. The number of ether oxygens (including phenoxy) is 1. The predicted octanol–water partition coefficient (Wildman–Crippen LogP) is 2.79. The minimum atomic E-state index is -0.342. The number of hydrogen-bond donors (Lipinski definition) is 1. The third-order valence-electron chi connectivity index (χ3n) is 4.00. The molecular formula is C17H25FN4O. The van der Waals surface area contributed by atoms with Crippen LogP contribution in [0.25, 0.3) is 0 Å². The maximum absolute atomic E-state index is 13.8. The summed E-state index contributed by atoms with van der Waals surface area (Å²) in [4.78, 5) is 2.05. The molecule has 1 heterocycles. The summed E-state index contributed by atoms with van der Waals surface area (Å²) in [5, 5.41) is 7.92. The van der Waals surface area contributed by atoms with E-state index in [2.05, 4.69) is 15.3 Å². The second kappa shape index (κ2) is 7.00. The van der Waals surface area contributed by atoms with Crippen molar-refractivity contribution >= 4 is 5.82 Å². The Labute approximate surface area is 137 Å². The van der Waals surface area contributed by atoms with Crippen LogP contribution in [-0.4, -0.2) is 31.0 Å². The second-order valence-corrected chi connectivity index (χ2v) is 5.90. The molecule has 2 aromatic rings. The molecule has 1 atom stereocenters. The van der Waals surface area contributed by atoms with Crippen molar-refractivity contribution in [1.29, 1.82) is 0 Å². The summed E-state index contributed by atoms with van der Waals surface area (Å²) in [6.45, 7) is 4.69. The summed E-state index contributed by atoms with van der Waals surface area (Å²) in [6, 6.07) is 5.07. The van der Waals surface area contributed by atoms with Crippen LogP contribution in [0.3, 0.4) is 0 Å². The number of rotatable bonds is 6. The van der Waals surface area contributed by atoms with Crippen LogP contribution >= 0.6 is 0 Å². The van der Waals surface area contributed by atoms with E-state index in [0.29, 0.717) is 6.54 Å². The highest BCUT2D eigenvalue weighted by atomic mass is 19.1. The molecule has 23 heavy (non-hydrogen) atoms. The summed E-state index contributed by atoms with van der Waals surface area (Å²) in [5.41, 5.74) is 3.03. The lowest BCUT2D eigenvalue weighted by atomic mass is 10.1. The van der Waals surface area contributed by atoms with E-state index in [1.54, 1.807) is 6.07 Å². The molecule has 0 amide bonds. The number of anilines is 1. The van der Waals surface area contributed by atoms with Crippen LogP contribution in [0.4, 0.5) is 10.2 Å². The van der Waals surface area contributed by atoms with E-state index in [0.717, 1.165) is 22.6 Å². The zero-order valence-electron chi connectivity index (χ0n) is 14.6. The van der Waals surface area contributed by atoms with E-state index in [-0.39, 0.29) is 17.6 Å². The topological polar surface area (TPSA) is 42.3 Å². The van der Waals surface area contributed by atoms with Crippen LogP contribution in [0.1, 0.15) is 29.8 Å². The Morgan fingerprint density at radius 3 is 2.65 bits per heavy atom. The molecule has 1 aromatic heterocycles. The normalized spacial score (nSPS) is 12.3.